The normalized spacial score (nSPS) is 13.2. The minimum atomic E-state index is -4.37. The summed E-state index contributed by atoms with van der Waals surface area (Å²) in [5, 5.41) is 0.467. The van der Waals surface area contributed by atoms with Crippen molar-refractivity contribution >= 4 is 32.1 Å². The monoisotopic (exact) mass is 548 g/mol. The second-order valence-corrected chi connectivity index (χ2v) is 11.4. The summed E-state index contributed by atoms with van der Waals surface area (Å²) >= 11 is 0. The van der Waals surface area contributed by atoms with E-state index in [1.165, 1.54) is 18.2 Å². The van der Waals surface area contributed by atoms with Crippen LogP contribution in [-0.4, -0.2) is 29.9 Å². The van der Waals surface area contributed by atoms with Crippen LogP contribution in [0.25, 0.3) is 28.0 Å². The predicted octanol–water partition coefficient (Wildman–Crippen LogP) is 6.31. The number of nitrogen functional groups attached to an aromatic ring is 2. The molecule has 0 amide bonds. The molecule has 2 aromatic heterocycles. The summed E-state index contributed by atoms with van der Waals surface area (Å²) in [6.07, 6.45) is -3.16. The number of alkyl halides is 3. The number of aryl methyl sites for hydroxylation is 1. The van der Waals surface area contributed by atoms with Crippen molar-refractivity contribution in [1.82, 2.24) is 9.55 Å². The third-order valence-corrected chi connectivity index (χ3v) is 8.42. The number of pyridine rings is 1. The molecule has 0 saturated carbocycles. The minimum absolute atomic E-state index is 0.106. The van der Waals surface area contributed by atoms with E-state index < -0.39 is 33.5 Å². The number of nitrogens with zero attached hydrogens (tertiary/aromatic N) is 2. The lowest BCUT2D eigenvalue weighted by atomic mass is 10.1. The van der Waals surface area contributed by atoms with Crippen LogP contribution in [0.4, 0.5) is 28.9 Å². The molecule has 6 nitrogen and oxygen atoms in total. The first kappa shape index (κ1) is 27.4. The lowest BCUT2D eigenvalue weighted by Gasteiger charge is -2.15. The Morgan fingerprint density at radius 1 is 1.08 bits per heavy atom. The molecule has 202 valence electrons. The van der Waals surface area contributed by atoms with Crippen LogP contribution in [-0.2, 0) is 16.3 Å². The highest BCUT2D eigenvalue weighted by atomic mass is 32.2. The highest BCUT2D eigenvalue weighted by Gasteiger charge is 2.35. The van der Waals surface area contributed by atoms with E-state index in [0.29, 0.717) is 45.6 Å². The van der Waals surface area contributed by atoms with E-state index >= 15 is 0 Å². The maximum absolute atomic E-state index is 14.7. The number of rotatable bonds is 8. The summed E-state index contributed by atoms with van der Waals surface area (Å²) in [6, 6.07) is 13.0. The maximum Gasteiger partial charge on any atom is 0.391 e. The zero-order chi connectivity index (χ0) is 27.8. The Morgan fingerprint density at radius 3 is 2.42 bits per heavy atom. The summed E-state index contributed by atoms with van der Waals surface area (Å²) in [6.45, 7) is 2.87. The highest BCUT2D eigenvalue weighted by molar-refractivity contribution is 7.91. The summed E-state index contributed by atoms with van der Waals surface area (Å²) in [5.74, 6) is -2.41. The summed E-state index contributed by atoms with van der Waals surface area (Å²) < 4.78 is 80.2. The number of fused-ring (bicyclic) bond motifs is 1. The van der Waals surface area contributed by atoms with Gasteiger partial charge in [0.1, 0.15) is 5.82 Å². The van der Waals surface area contributed by atoms with E-state index in [-0.39, 0.29) is 23.4 Å². The molecule has 4 aromatic rings. The van der Waals surface area contributed by atoms with Gasteiger partial charge < -0.3 is 16.0 Å². The van der Waals surface area contributed by atoms with Crippen molar-refractivity contribution in [2.75, 3.05) is 17.2 Å². The zero-order valence-corrected chi connectivity index (χ0v) is 21.7. The van der Waals surface area contributed by atoms with Gasteiger partial charge in [-0.3, -0.25) is 4.98 Å². The molecular weight excluding hydrogens is 520 g/mol. The molecule has 38 heavy (non-hydrogen) atoms. The Kier molecular flexibility index (Phi) is 7.42. The lowest BCUT2D eigenvalue weighted by Crippen LogP contribution is -2.20. The van der Waals surface area contributed by atoms with Gasteiger partial charge in [0.2, 0.25) is 0 Å². The van der Waals surface area contributed by atoms with Gasteiger partial charge in [0.05, 0.1) is 39.2 Å². The molecule has 0 radical (unpaired) electrons. The molecule has 2 aromatic carbocycles. The first-order valence-electron chi connectivity index (χ1n) is 12.1. The molecule has 0 fully saturated rings. The second kappa shape index (κ2) is 10.3. The summed E-state index contributed by atoms with van der Waals surface area (Å²) in [4.78, 5) is 4.24. The first-order valence-corrected chi connectivity index (χ1v) is 13.7. The molecule has 1 unspecified atom stereocenters. The molecule has 0 aliphatic carbocycles. The van der Waals surface area contributed by atoms with Gasteiger partial charge in [-0.25, -0.2) is 12.8 Å². The average molecular weight is 549 g/mol. The SMILES string of the molecule is CCc1cc2c(cc1F)c(N)c(-c1ccc(S(=O)(=O)CCCC(C)C(F)(F)F)cn1)n2-c1cccc(N)c1. The Hall–Kier alpha value is -3.60. The van der Waals surface area contributed by atoms with E-state index in [2.05, 4.69) is 4.98 Å². The van der Waals surface area contributed by atoms with Crippen LogP contribution in [0.5, 0.6) is 0 Å². The van der Waals surface area contributed by atoms with Crippen LogP contribution in [0.2, 0.25) is 0 Å². The number of sulfone groups is 1. The smallest absolute Gasteiger partial charge is 0.391 e. The first-order chi connectivity index (χ1) is 17.8. The van der Waals surface area contributed by atoms with Crippen molar-refractivity contribution in [2.45, 2.75) is 44.2 Å². The van der Waals surface area contributed by atoms with Gasteiger partial charge in [0, 0.05) is 23.0 Å². The molecule has 0 bridgehead atoms. The lowest BCUT2D eigenvalue weighted by molar-refractivity contribution is -0.171. The second-order valence-electron chi connectivity index (χ2n) is 9.29. The fourth-order valence-electron chi connectivity index (χ4n) is 4.40. The van der Waals surface area contributed by atoms with E-state index in [1.807, 2.05) is 13.0 Å². The summed E-state index contributed by atoms with van der Waals surface area (Å²) in [5.41, 5.74) is 15.8. The Bertz CT molecular complexity index is 1580. The molecule has 0 saturated heterocycles. The van der Waals surface area contributed by atoms with Gasteiger partial charge in [-0.15, -0.1) is 0 Å². The van der Waals surface area contributed by atoms with Crippen LogP contribution >= 0.6 is 0 Å². The van der Waals surface area contributed by atoms with Gasteiger partial charge in [0.15, 0.2) is 9.84 Å². The van der Waals surface area contributed by atoms with Crippen molar-refractivity contribution < 1.29 is 26.0 Å². The summed E-state index contributed by atoms with van der Waals surface area (Å²) in [7, 11) is -3.85. The molecule has 4 N–H and O–H groups in total. The number of hydrogen-bond acceptors (Lipinski definition) is 5. The van der Waals surface area contributed by atoms with Crippen molar-refractivity contribution in [3.63, 3.8) is 0 Å². The molecular formula is C27H28F4N4O2S. The van der Waals surface area contributed by atoms with Crippen molar-refractivity contribution in [1.29, 1.82) is 0 Å². The van der Waals surface area contributed by atoms with Crippen LogP contribution in [0.15, 0.2) is 59.6 Å². The van der Waals surface area contributed by atoms with Crippen LogP contribution < -0.4 is 11.5 Å². The van der Waals surface area contributed by atoms with Crippen molar-refractivity contribution in [2.24, 2.45) is 5.92 Å². The van der Waals surface area contributed by atoms with E-state index in [0.717, 1.165) is 13.1 Å². The van der Waals surface area contributed by atoms with Gasteiger partial charge in [-0.1, -0.05) is 19.9 Å². The molecule has 4 rings (SSSR count). The molecule has 0 spiro atoms. The Labute approximate surface area is 218 Å². The van der Waals surface area contributed by atoms with Crippen LogP contribution in [0, 0.1) is 11.7 Å². The Balaban J connectivity index is 1.75. The van der Waals surface area contributed by atoms with Crippen molar-refractivity contribution in [3.8, 4) is 17.1 Å². The standard InChI is InChI=1S/C27H28F4N4O2S/c1-3-17-12-24-21(14-22(17)28)25(33)26(35(24)19-8-4-7-18(32)13-19)23-10-9-20(15-34-23)38(36,37)11-5-6-16(2)27(29,30)31/h4,7-10,12-16H,3,5-6,11,32-33H2,1-2H3. The number of nitrogens with two attached hydrogens (primary N) is 2. The molecule has 11 heteroatoms. The van der Waals surface area contributed by atoms with Crippen LogP contribution in [0.3, 0.4) is 0 Å². The van der Waals surface area contributed by atoms with Crippen LogP contribution in [0.1, 0.15) is 32.3 Å². The van der Waals surface area contributed by atoms with Gasteiger partial charge in [-0.2, -0.15) is 13.2 Å². The van der Waals surface area contributed by atoms with E-state index in [4.69, 9.17) is 11.5 Å². The topological polar surface area (TPSA) is 104 Å². The molecule has 2 heterocycles. The minimum Gasteiger partial charge on any atom is -0.399 e. The number of hydrogen-bond donors (Lipinski definition) is 2. The molecule has 0 aliphatic rings. The molecule has 0 aliphatic heterocycles. The fourth-order valence-corrected chi connectivity index (χ4v) is 5.67. The number of aromatic nitrogens is 2. The predicted molar refractivity (Wildman–Crippen MR) is 141 cm³/mol. The van der Waals surface area contributed by atoms with Gasteiger partial charge >= 0.3 is 6.18 Å². The molecule has 1 atom stereocenters. The van der Waals surface area contributed by atoms with Gasteiger partial charge in [0.25, 0.3) is 0 Å². The number of halogens is 4. The van der Waals surface area contributed by atoms with E-state index in [1.54, 1.807) is 28.8 Å². The highest BCUT2D eigenvalue weighted by Crippen LogP contribution is 2.39. The number of benzene rings is 2. The average Bonchev–Trinajstić information content (AvgIpc) is 3.14. The third kappa shape index (κ3) is 5.33. The maximum atomic E-state index is 14.7. The van der Waals surface area contributed by atoms with Crippen molar-refractivity contribution in [3.05, 3.63) is 66.1 Å². The quantitative estimate of drug-likeness (QED) is 0.198. The zero-order valence-electron chi connectivity index (χ0n) is 20.9. The third-order valence-electron chi connectivity index (χ3n) is 6.63. The van der Waals surface area contributed by atoms with Gasteiger partial charge in [-0.05, 0) is 67.3 Å². The van der Waals surface area contributed by atoms with E-state index in [9.17, 15) is 26.0 Å². The number of anilines is 2. The fraction of sp³-hybridized carbons (Fsp3) is 0.296. The Morgan fingerprint density at radius 2 is 1.82 bits per heavy atom. The largest absolute Gasteiger partial charge is 0.399 e.